The van der Waals surface area contributed by atoms with Crippen LogP contribution in [0.3, 0.4) is 0 Å². The number of imidazole rings is 1. The number of esters is 1. The first kappa shape index (κ1) is 23.0. The maximum atomic E-state index is 12.7. The van der Waals surface area contributed by atoms with Crippen molar-refractivity contribution in [3.8, 4) is 0 Å². The molecule has 2 aromatic carbocycles. The zero-order chi connectivity index (χ0) is 24.3. The molecule has 0 saturated heterocycles. The predicted octanol–water partition coefficient (Wildman–Crippen LogP) is 2.42. The lowest BCUT2D eigenvalue weighted by atomic mass is 10.3. The van der Waals surface area contributed by atoms with E-state index >= 15 is 0 Å². The van der Waals surface area contributed by atoms with E-state index < -0.39 is 33.2 Å². The van der Waals surface area contributed by atoms with Crippen LogP contribution in [0.5, 0.6) is 0 Å². The molecule has 2 heterocycles. The van der Waals surface area contributed by atoms with Crippen LogP contribution < -0.4 is 5.32 Å². The maximum Gasteiger partial charge on any atom is 0.326 e. The number of fused-ring (bicyclic) bond motifs is 1. The molecule has 1 N–H and O–H groups in total. The van der Waals surface area contributed by atoms with Gasteiger partial charge in [-0.05, 0) is 24.3 Å². The van der Waals surface area contributed by atoms with Crippen molar-refractivity contribution in [3.63, 3.8) is 0 Å². The molecule has 0 spiro atoms. The normalized spacial score (nSPS) is 11.3. The summed E-state index contributed by atoms with van der Waals surface area (Å²) in [5, 5.41) is 13.1. The third kappa shape index (κ3) is 4.92. The Morgan fingerprint density at radius 2 is 1.85 bits per heavy atom. The third-order valence-electron chi connectivity index (χ3n) is 4.54. The average molecular weight is 502 g/mol. The van der Waals surface area contributed by atoms with Crippen LogP contribution in [0.25, 0.3) is 11.0 Å². The minimum absolute atomic E-state index is 0.0119. The number of carbonyl (C=O) groups is 2. The van der Waals surface area contributed by atoms with E-state index in [0.717, 1.165) is 41.5 Å². The number of ether oxygens (including phenoxy) is 1. The van der Waals surface area contributed by atoms with Crippen molar-refractivity contribution in [2.75, 3.05) is 11.9 Å². The molecule has 4 rings (SSSR count). The number of rotatable bonds is 8. The van der Waals surface area contributed by atoms with E-state index in [-0.39, 0.29) is 26.5 Å². The van der Waals surface area contributed by atoms with Crippen molar-refractivity contribution in [3.05, 3.63) is 71.2 Å². The molecule has 34 heavy (non-hydrogen) atoms. The van der Waals surface area contributed by atoms with Gasteiger partial charge in [0, 0.05) is 12.1 Å². The van der Waals surface area contributed by atoms with Gasteiger partial charge in [0.25, 0.3) is 11.6 Å². The number of nitrogens with one attached hydrogen (secondary N) is 1. The summed E-state index contributed by atoms with van der Waals surface area (Å²) in [6.45, 7) is -0.724. The van der Waals surface area contributed by atoms with Gasteiger partial charge in [0.05, 0.1) is 33.4 Å². The number of aromatic nitrogens is 3. The van der Waals surface area contributed by atoms with Gasteiger partial charge in [-0.1, -0.05) is 23.5 Å². The smallest absolute Gasteiger partial charge is 0.326 e. The first-order valence-corrected chi connectivity index (χ1v) is 11.8. The van der Waals surface area contributed by atoms with E-state index in [0.29, 0.717) is 11.3 Å². The zero-order valence-corrected chi connectivity index (χ0v) is 18.8. The highest BCUT2D eigenvalue weighted by atomic mass is 32.2. The van der Waals surface area contributed by atoms with E-state index in [2.05, 4.69) is 15.3 Å². The standard InChI is InChI=1S/C20H15N5O7S2/c26-17(11-32-18(27)10-24-12-22-15-3-1-2-4-16(15)24)23-20-21-9-19(33-20)34(30,31)14-7-5-13(6-8-14)25(28)29/h1-9,12H,10-11H2,(H,21,23,26). The Balaban J connectivity index is 1.34. The Labute approximate surface area is 195 Å². The number of anilines is 1. The number of nitro groups is 1. The lowest BCUT2D eigenvalue weighted by molar-refractivity contribution is -0.384. The zero-order valence-electron chi connectivity index (χ0n) is 17.2. The van der Waals surface area contributed by atoms with Gasteiger partial charge in [-0.3, -0.25) is 25.0 Å². The molecule has 0 fully saturated rings. The summed E-state index contributed by atoms with van der Waals surface area (Å²) in [5.74, 6) is -1.35. The van der Waals surface area contributed by atoms with Gasteiger partial charge in [-0.25, -0.2) is 18.4 Å². The summed E-state index contributed by atoms with van der Waals surface area (Å²) in [5.41, 5.74) is 1.22. The second-order valence-corrected chi connectivity index (χ2v) is 10.0. The molecular formula is C20H15N5O7S2. The van der Waals surface area contributed by atoms with E-state index in [1.165, 1.54) is 6.33 Å². The number of amides is 1. The number of nitro benzene ring substituents is 1. The second-order valence-electron chi connectivity index (χ2n) is 6.81. The largest absolute Gasteiger partial charge is 0.454 e. The van der Waals surface area contributed by atoms with Crippen molar-refractivity contribution in [2.24, 2.45) is 0 Å². The molecule has 14 heteroatoms. The molecule has 0 saturated carbocycles. The van der Waals surface area contributed by atoms with Crippen molar-refractivity contribution in [2.45, 2.75) is 15.6 Å². The number of hydrogen-bond acceptors (Lipinski definition) is 10. The summed E-state index contributed by atoms with van der Waals surface area (Å²) in [6, 6.07) is 11.6. The fraction of sp³-hybridized carbons (Fsp3) is 0.100. The summed E-state index contributed by atoms with van der Waals surface area (Å²) in [4.78, 5) is 42.2. The summed E-state index contributed by atoms with van der Waals surface area (Å²) in [7, 11) is -3.98. The number of nitrogens with zero attached hydrogens (tertiary/aromatic N) is 4. The third-order valence-corrected chi connectivity index (χ3v) is 7.69. The van der Waals surface area contributed by atoms with E-state index in [1.54, 1.807) is 16.7 Å². The van der Waals surface area contributed by atoms with Crippen LogP contribution in [0.2, 0.25) is 0 Å². The van der Waals surface area contributed by atoms with E-state index in [4.69, 9.17) is 4.74 Å². The molecule has 4 aromatic rings. The Bertz CT molecular complexity index is 1490. The number of thiazole rings is 1. The fourth-order valence-electron chi connectivity index (χ4n) is 2.93. The lowest BCUT2D eigenvalue weighted by Crippen LogP contribution is -2.22. The van der Waals surface area contributed by atoms with Crippen molar-refractivity contribution < 1.29 is 27.7 Å². The molecule has 0 bridgehead atoms. The van der Waals surface area contributed by atoms with Gasteiger partial charge < -0.3 is 9.30 Å². The molecule has 0 aliphatic carbocycles. The topological polar surface area (TPSA) is 163 Å². The van der Waals surface area contributed by atoms with Gasteiger partial charge in [-0.15, -0.1) is 0 Å². The first-order valence-electron chi connectivity index (χ1n) is 9.55. The highest BCUT2D eigenvalue weighted by molar-refractivity contribution is 7.93. The van der Waals surface area contributed by atoms with Crippen LogP contribution >= 0.6 is 11.3 Å². The SMILES string of the molecule is O=C(COC(=O)Cn1cnc2ccccc21)Nc1ncc(S(=O)(=O)c2ccc([N+](=O)[O-])cc2)s1. The van der Waals surface area contributed by atoms with Gasteiger partial charge >= 0.3 is 5.97 Å². The van der Waals surface area contributed by atoms with Crippen molar-refractivity contribution in [1.82, 2.24) is 14.5 Å². The summed E-state index contributed by atoms with van der Waals surface area (Å²) in [6.07, 6.45) is 2.56. The Kier molecular flexibility index (Phi) is 6.34. The number of benzene rings is 2. The minimum Gasteiger partial charge on any atom is -0.454 e. The molecular weight excluding hydrogens is 486 g/mol. The van der Waals surface area contributed by atoms with Crippen LogP contribution in [0, 0.1) is 10.1 Å². The van der Waals surface area contributed by atoms with Gasteiger partial charge in [0.2, 0.25) is 9.84 Å². The minimum atomic E-state index is -3.98. The highest BCUT2D eigenvalue weighted by Gasteiger charge is 2.22. The molecule has 174 valence electrons. The van der Waals surface area contributed by atoms with E-state index in [1.807, 2.05) is 12.1 Å². The molecule has 0 unspecified atom stereocenters. The highest BCUT2D eigenvalue weighted by Crippen LogP contribution is 2.29. The molecule has 1 amide bonds. The summed E-state index contributed by atoms with van der Waals surface area (Å²) >= 11 is 0.695. The van der Waals surface area contributed by atoms with E-state index in [9.17, 15) is 28.1 Å². The Morgan fingerprint density at radius 3 is 2.59 bits per heavy atom. The second kappa shape index (κ2) is 9.36. The first-order chi connectivity index (χ1) is 16.2. The van der Waals surface area contributed by atoms with Crippen LogP contribution in [-0.4, -0.2) is 46.4 Å². The molecule has 0 radical (unpaired) electrons. The molecule has 0 atom stereocenters. The molecule has 12 nitrogen and oxygen atoms in total. The van der Waals surface area contributed by atoms with Crippen LogP contribution in [0.4, 0.5) is 10.8 Å². The average Bonchev–Trinajstić information content (AvgIpc) is 3.46. The van der Waals surface area contributed by atoms with Crippen LogP contribution in [-0.2, 0) is 30.7 Å². The lowest BCUT2D eigenvalue weighted by Gasteiger charge is -2.06. The van der Waals surface area contributed by atoms with Crippen molar-refractivity contribution in [1.29, 1.82) is 0 Å². The molecule has 0 aliphatic heterocycles. The quantitative estimate of drug-likeness (QED) is 0.217. The summed E-state index contributed by atoms with van der Waals surface area (Å²) < 4.78 is 31.8. The number of hydrogen-bond donors (Lipinski definition) is 1. The Hall–Kier alpha value is -4.17. The number of sulfone groups is 1. The molecule has 0 aliphatic rings. The van der Waals surface area contributed by atoms with Crippen LogP contribution in [0.15, 0.2) is 70.2 Å². The van der Waals surface area contributed by atoms with Crippen LogP contribution in [0.1, 0.15) is 0 Å². The monoisotopic (exact) mass is 501 g/mol. The van der Waals surface area contributed by atoms with Crippen molar-refractivity contribution >= 4 is 54.9 Å². The number of non-ortho nitro benzene ring substituents is 1. The molecule has 2 aromatic heterocycles. The predicted molar refractivity (Wildman–Crippen MR) is 120 cm³/mol. The van der Waals surface area contributed by atoms with Gasteiger partial charge in [0.15, 0.2) is 11.7 Å². The number of carbonyl (C=O) groups excluding carboxylic acids is 2. The van der Waals surface area contributed by atoms with Gasteiger partial charge in [-0.2, -0.15) is 0 Å². The maximum absolute atomic E-state index is 12.7. The number of para-hydroxylation sites is 2. The Morgan fingerprint density at radius 1 is 1.12 bits per heavy atom. The fourth-order valence-corrected chi connectivity index (χ4v) is 5.38. The van der Waals surface area contributed by atoms with Gasteiger partial charge in [0.1, 0.15) is 10.8 Å².